The number of carbonyl (C=O) groups excluding carboxylic acids is 1. The molecule has 0 saturated heterocycles. The van der Waals surface area contributed by atoms with E-state index in [9.17, 15) is 4.79 Å². The summed E-state index contributed by atoms with van der Waals surface area (Å²) in [6.07, 6.45) is 9.54. The average Bonchev–Trinajstić information content (AvgIpc) is 3.51. The van der Waals surface area contributed by atoms with Gasteiger partial charge in [0.05, 0.1) is 22.7 Å². The number of nitrogens with zero attached hydrogens (tertiary/aromatic N) is 6. The Kier molecular flexibility index (Phi) is 5.68. The lowest BCUT2D eigenvalue weighted by molar-refractivity contribution is -0.125. The predicted octanol–water partition coefficient (Wildman–Crippen LogP) is 4.79. The molecule has 0 radical (unpaired) electrons. The molecule has 3 aromatic heterocycles. The van der Waals surface area contributed by atoms with E-state index in [0.717, 1.165) is 56.7 Å². The molecular formula is C29H27N7O2. The Morgan fingerprint density at radius 2 is 2.03 bits per heavy atom. The third kappa shape index (κ3) is 3.98. The highest BCUT2D eigenvalue weighted by Crippen LogP contribution is 2.35. The smallest absolute Gasteiger partial charge is 0.246 e. The van der Waals surface area contributed by atoms with Crippen molar-refractivity contribution in [2.75, 3.05) is 18.8 Å². The van der Waals surface area contributed by atoms with Gasteiger partial charge in [0.1, 0.15) is 23.6 Å². The van der Waals surface area contributed by atoms with Gasteiger partial charge in [0.15, 0.2) is 5.65 Å². The number of hydrogen-bond donors (Lipinski definition) is 1. The summed E-state index contributed by atoms with van der Waals surface area (Å²) in [7, 11) is 1.97. The number of rotatable bonds is 5. The van der Waals surface area contributed by atoms with Gasteiger partial charge in [-0.3, -0.25) is 4.79 Å². The quantitative estimate of drug-likeness (QED) is 0.345. The number of fused-ring (bicyclic) bond motifs is 2. The first-order valence-corrected chi connectivity index (χ1v) is 12.3. The van der Waals surface area contributed by atoms with Gasteiger partial charge in [-0.25, -0.2) is 15.0 Å². The van der Waals surface area contributed by atoms with Crippen molar-refractivity contribution in [2.45, 2.75) is 13.3 Å². The fraction of sp³-hybridized carbons (Fsp3) is 0.172. The molecule has 1 amide bonds. The minimum atomic E-state index is -0.0861. The molecule has 2 aromatic carbocycles. The van der Waals surface area contributed by atoms with Gasteiger partial charge in [-0.15, -0.1) is 0 Å². The predicted molar refractivity (Wildman–Crippen MR) is 148 cm³/mol. The van der Waals surface area contributed by atoms with Crippen molar-refractivity contribution >= 4 is 39.4 Å². The van der Waals surface area contributed by atoms with Crippen molar-refractivity contribution in [2.24, 2.45) is 7.05 Å². The van der Waals surface area contributed by atoms with E-state index in [1.54, 1.807) is 11.2 Å². The highest BCUT2D eigenvalue weighted by Gasteiger charge is 2.23. The van der Waals surface area contributed by atoms with E-state index in [2.05, 4.69) is 33.7 Å². The number of anilines is 1. The fourth-order valence-corrected chi connectivity index (χ4v) is 4.99. The molecule has 0 aliphatic carbocycles. The highest BCUT2D eigenvalue weighted by molar-refractivity contribution is 5.99. The summed E-state index contributed by atoms with van der Waals surface area (Å²) in [6, 6.07) is 11.9. The molecule has 9 nitrogen and oxygen atoms in total. The molecule has 6 rings (SSSR count). The zero-order valence-corrected chi connectivity index (χ0v) is 21.3. The van der Waals surface area contributed by atoms with Crippen LogP contribution in [0.2, 0.25) is 0 Å². The van der Waals surface area contributed by atoms with Crippen LogP contribution in [0.3, 0.4) is 0 Å². The van der Waals surface area contributed by atoms with Crippen LogP contribution in [0.15, 0.2) is 74.0 Å². The van der Waals surface area contributed by atoms with Crippen LogP contribution in [0.4, 0.5) is 5.82 Å². The number of imidazole rings is 1. The first-order valence-electron chi connectivity index (χ1n) is 12.3. The van der Waals surface area contributed by atoms with Crippen molar-refractivity contribution in [3.63, 3.8) is 0 Å². The van der Waals surface area contributed by atoms with E-state index in [1.807, 2.05) is 59.6 Å². The van der Waals surface area contributed by atoms with Crippen LogP contribution in [0.5, 0.6) is 11.5 Å². The number of benzene rings is 2. The molecule has 0 saturated carbocycles. The number of carbonyl (C=O) groups is 1. The zero-order valence-electron chi connectivity index (χ0n) is 21.3. The first-order chi connectivity index (χ1) is 18.4. The van der Waals surface area contributed by atoms with Crippen LogP contribution in [-0.2, 0) is 11.8 Å². The molecule has 0 bridgehead atoms. The van der Waals surface area contributed by atoms with Gasteiger partial charge in [0.2, 0.25) is 5.91 Å². The first kappa shape index (κ1) is 23.5. The normalized spacial score (nSPS) is 13.6. The topological polar surface area (TPSA) is 104 Å². The number of nitrogen functional groups attached to an aromatic ring is 1. The van der Waals surface area contributed by atoms with Crippen LogP contribution < -0.4 is 10.5 Å². The van der Waals surface area contributed by atoms with Gasteiger partial charge in [-0.1, -0.05) is 12.7 Å². The number of amides is 1. The number of aryl methyl sites for hydroxylation is 2. The Hall–Kier alpha value is -4.92. The van der Waals surface area contributed by atoms with Gasteiger partial charge in [0, 0.05) is 43.7 Å². The van der Waals surface area contributed by atoms with Gasteiger partial charge < -0.3 is 24.5 Å². The second-order valence-corrected chi connectivity index (χ2v) is 9.41. The second kappa shape index (κ2) is 9.19. The Morgan fingerprint density at radius 3 is 2.84 bits per heavy atom. The maximum absolute atomic E-state index is 12.3. The van der Waals surface area contributed by atoms with Crippen molar-refractivity contribution in [1.29, 1.82) is 0 Å². The van der Waals surface area contributed by atoms with Crippen molar-refractivity contribution in [3.8, 4) is 17.2 Å². The van der Waals surface area contributed by atoms with Crippen LogP contribution in [0.1, 0.15) is 17.5 Å². The highest BCUT2D eigenvalue weighted by atomic mass is 16.5. The lowest BCUT2D eigenvalue weighted by Crippen LogP contribution is -2.34. The molecule has 0 atom stereocenters. The van der Waals surface area contributed by atoms with E-state index in [-0.39, 0.29) is 5.91 Å². The van der Waals surface area contributed by atoms with Gasteiger partial charge >= 0.3 is 0 Å². The monoisotopic (exact) mass is 505 g/mol. The summed E-state index contributed by atoms with van der Waals surface area (Å²) in [5, 5.41) is 0.772. The van der Waals surface area contributed by atoms with E-state index in [1.165, 1.54) is 12.4 Å². The molecule has 0 fully saturated rings. The standard InChI is InChI=1S/C29H27N7O2/c1-4-26(37)35-11-5-6-19(14-35)22-15-36(29-27(22)28(30)31-16-32-29)20-7-10-25(18(2)12-20)38-21-8-9-24-23(13-21)33-17-34(24)3/h4,6-10,12-13,15-17H,1,5,11,14H2,2-3H3,(H2,30,31,32). The summed E-state index contributed by atoms with van der Waals surface area (Å²) in [5.74, 6) is 1.79. The van der Waals surface area contributed by atoms with Crippen LogP contribution in [-0.4, -0.2) is 48.0 Å². The lowest BCUT2D eigenvalue weighted by Gasteiger charge is -2.26. The van der Waals surface area contributed by atoms with Gasteiger partial charge in [0.25, 0.3) is 0 Å². The third-order valence-corrected chi connectivity index (χ3v) is 6.96. The van der Waals surface area contributed by atoms with Gasteiger partial charge in [-0.2, -0.15) is 0 Å². The molecule has 9 heteroatoms. The molecule has 1 aliphatic rings. The van der Waals surface area contributed by atoms with E-state index >= 15 is 0 Å². The lowest BCUT2D eigenvalue weighted by atomic mass is 10.0. The maximum Gasteiger partial charge on any atom is 0.246 e. The van der Waals surface area contributed by atoms with E-state index in [0.29, 0.717) is 24.6 Å². The number of hydrogen-bond acceptors (Lipinski definition) is 6. The van der Waals surface area contributed by atoms with Crippen molar-refractivity contribution in [1.82, 2.24) is 29.0 Å². The summed E-state index contributed by atoms with van der Waals surface area (Å²) in [6.45, 7) is 6.78. The fourth-order valence-electron chi connectivity index (χ4n) is 4.99. The largest absolute Gasteiger partial charge is 0.457 e. The number of ether oxygens (including phenoxy) is 1. The number of nitrogens with two attached hydrogens (primary N) is 1. The summed E-state index contributed by atoms with van der Waals surface area (Å²) >= 11 is 0. The van der Waals surface area contributed by atoms with Gasteiger partial charge in [-0.05, 0) is 60.9 Å². The van der Waals surface area contributed by atoms with Crippen LogP contribution in [0.25, 0.3) is 33.3 Å². The molecular weight excluding hydrogens is 478 g/mol. The van der Waals surface area contributed by atoms with Crippen molar-refractivity contribution in [3.05, 3.63) is 85.1 Å². The summed E-state index contributed by atoms with van der Waals surface area (Å²) in [4.78, 5) is 27.3. The summed E-state index contributed by atoms with van der Waals surface area (Å²) < 4.78 is 10.2. The Balaban J connectivity index is 1.36. The van der Waals surface area contributed by atoms with E-state index < -0.39 is 0 Å². The zero-order chi connectivity index (χ0) is 26.4. The molecule has 5 aromatic rings. The SMILES string of the molecule is C=CC(=O)N1CCC=C(c2cn(-c3ccc(Oc4ccc5c(c4)ncn5C)c(C)c3)c3ncnc(N)c23)C1. The second-order valence-electron chi connectivity index (χ2n) is 9.41. The minimum absolute atomic E-state index is 0.0861. The minimum Gasteiger partial charge on any atom is -0.457 e. The average molecular weight is 506 g/mol. The Bertz CT molecular complexity index is 1760. The molecule has 1 aliphatic heterocycles. The molecule has 4 heterocycles. The summed E-state index contributed by atoms with van der Waals surface area (Å²) in [5.41, 5.74) is 12.8. The Labute approximate surface area is 219 Å². The number of aromatic nitrogens is 5. The molecule has 38 heavy (non-hydrogen) atoms. The third-order valence-electron chi connectivity index (χ3n) is 6.96. The van der Waals surface area contributed by atoms with Crippen LogP contribution in [0, 0.1) is 6.92 Å². The van der Waals surface area contributed by atoms with Crippen LogP contribution >= 0.6 is 0 Å². The van der Waals surface area contributed by atoms with E-state index in [4.69, 9.17) is 10.5 Å². The molecule has 0 spiro atoms. The Morgan fingerprint density at radius 1 is 1.16 bits per heavy atom. The maximum atomic E-state index is 12.3. The molecule has 190 valence electrons. The molecule has 0 unspecified atom stereocenters. The van der Waals surface area contributed by atoms with Crippen molar-refractivity contribution < 1.29 is 9.53 Å². The molecule has 2 N–H and O–H groups in total.